The fraction of sp³-hybridized carbons (Fsp3) is 0.600. The molecule has 0 saturated heterocycles. The fourth-order valence-electron chi connectivity index (χ4n) is 2.63. The van der Waals surface area contributed by atoms with Crippen LogP contribution in [0.5, 0.6) is 0 Å². The number of hydrogen-bond donors (Lipinski definition) is 2. The number of fused-ring (bicyclic) bond motifs is 1. The Morgan fingerprint density at radius 3 is 2.90 bits per heavy atom. The van der Waals surface area contributed by atoms with Crippen LogP contribution in [0, 0.1) is 25.7 Å². The summed E-state index contributed by atoms with van der Waals surface area (Å²) in [6, 6.07) is 0. The molecule has 2 heterocycles. The first-order chi connectivity index (χ1) is 9.56. The minimum absolute atomic E-state index is 0.0103. The Morgan fingerprint density at radius 1 is 1.45 bits per heavy atom. The molecule has 0 aromatic carbocycles. The lowest BCUT2D eigenvalue weighted by Gasteiger charge is -2.10. The van der Waals surface area contributed by atoms with E-state index in [4.69, 9.17) is 0 Å². The first kappa shape index (κ1) is 13.8. The van der Waals surface area contributed by atoms with Gasteiger partial charge in [-0.25, -0.2) is 4.98 Å². The monoisotopic (exact) mass is 291 g/mol. The molecular formula is C15H21N3OS. The second-order valence-electron chi connectivity index (χ2n) is 5.92. The third kappa shape index (κ3) is 2.65. The predicted molar refractivity (Wildman–Crippen MR) is 83.3 cm³/mol. The topological polar surface area (TPSA) is 57.8 Å². The summed E-state index contributed by atoms with van der Waals surface area (Å²) >= 11 is 1.60. The van der Waals surface area contributed by atoms with Crippen LogP contribution in [0.25, 0.3) is 10.2 Å². The molecule has 0 radical (unpaired) electrons. The third-order valence-electron chi connectivity index (χ3n) is 4.27. The van der Waals surface area contributed by atoms with Crippen LogP contribution in [0.15, 0.2) is 4.79 Å². The zero-order valence-corrected chi connectivity index (χ0v) is 13.1. The van der Waals surface area contributed by atoms with Gasteiger partial charge in [-0.3, -0.25) is 4.79 Å². The number of rotatable bonds is 5. The van der Waals surface area contributed by atoms with E-state index >= 15 is 0 Å². The van der Waals surface area contributed by atoms with Crippen LogP contribution >= 0.6 is 11.3 Å². The Kier molecular flexibility index (Phi) is 3.65. The van der Waals surface area contributed by atoms with Crippen molar-refractivity contribution in [3.63, 3.8) is 0 Å². The van der Waals surface area contributed by atoms with Crippen LogP contribution in [0.4, 0.5) is 0 Å². The molecule has 0 aliphatic heterocycles. The number of thiophene rings is 1. The Labute approximate surface area is 122 Å². The van der Waals surface area contributed by atoms with Gasteiger partial charge in [-0.15, -0.1) is 11.3 Å². The second kappa shape index (κ2) is 5.30. The number of aromatic amines is 1. The van der Waals surface area contributed by atoms with Crippen molar-refractivity contribution in [2.75, 3.05) is 6.54 Å². The van der Waals surface area contributed by atoms with Crippen molar-refractivity contribution >= 4 is 21.6 Å². The molecule has 20 heavy (non-hydrogen) atoms. The summed E-state index contributed by atoms with van der Waals surface area (Å²) in [7, 11) is 0. The lowest BCUT2D eigenvalue weighted by molar-refractivity contribution is 0.458. The van der Waals surface area contributed by atoms with Crippen LogP contribution in [-0.4, -0.2) is 16.5 Å². The average Bonchev–Trinajstić information content (AvgIpc) is 3.18. The average molecular weight is 291 g/mol. The lowest BCUT2D eigenvalue weighted by atomic mass is 10.1. The summed E-state index contributed by atoms with van der Waals surface area (Å²) in [6.45, 7) is 7.94. The van der Waals surface area contributed by atoms with Gasteiger partial charge in [0.05, 0.1) is 11.9 Å². The fourth-order valence-corrected chi connectivity index (χ4v) is 3.68. The highest BCUT2D eigenvalue weighted by atomic mass is 32.1. The normalized spacial score (nSPS) is 16.8. The number of aromatic nitrogens is 2. The van der Waals surface area contributed by atoms with Crippen LogP contribution in [0.1, 0.15) is 36.0 Å². The number of nitrogens with one attached hydrogen (secondary N) is 2. The van der Waals surface area contributed by atoms with Crippen molar-refractivity contribution in [1.29, 1.82) is 0 Å². The number of H-pyrrole nitrogens is 1. The van der Waals surface area contributed by atoms with Crippen molar-refractivity contribution in [2.45, 2.75) is 40.2 Å². The maximum Gasteiger partial charge on any atom is 0.259 e. The molecule has 0 spiro atoms. The minimum atomic E-state index is -0.0103. The zero-order valence-electron chi connectivity index (χ0n) is 12.2. The number of nitrogens with zero attached hydrogens (tertiary/aromatic N) is 1. The molecule has 2 aromatic rings. The second-order valence-corrected chi connectivity index (χ2v) is 7.12. The Bertz CT molecular complexity index is 684. The van der Waals surface area contributed by atoms with Crippen LogP contribution in [0.3, 0.4) is 0 Å². The van der Waals surface area contributed by atoms with Gasteiger partial charge in [0.15, 0.2) is 0 Å². The van der Waals surface area contributed by atoms with Gasteiger partial charge in [0.1, 0.15) is 10.7 Å². The van der Waals surface area contributed by atoms with Crippen LogP contribution in [-0.2, 0) is 6.54 Å². The van der Waals surface area contributed by atoms with E-state index in [0.29, 0.717) is 6.54 Å². The van der Waals surface area contributed by atoms with Gasteiger partial charge in [0.2, 0.25) is 0 Å². The van der Waals surface area contributed by atoms with Crippen molar-refractivity contribution in [3.05, 3.63) is 26.6 Å². The number of aryl methyl sites for hydroxylation is 2. The van der Waals surface area contributed by atoms with E-state index in [1.807, 2.05) is 13.8 Å². The minimum Gasteiger partial charge on any atom is -0.310 e. The molecule has 1 atom stereocenters. The largest absolute Gasteiger partial charge is 0.310 e. The van der Waals surface area contributed by atoms with E-state index in [2.05, 4.69) is 22.2 Å². The molecule has 1 aliphatic carbocycles. The van der Waals surface area contributed by atoms with Gasteiger partial charge < -0.3 is 10.3 Å². The van der Waals surface area contributed by atoms with Crippen molar-refractivity contribution in [2.24, 2.45) is 11.8 Å². The molecule has 1 aliphatic rings. The summed E-state index contributed by atoms with van der Waals surface area (Å²) in [5, 5.41) is 4.16. The van der Waals surface area contributed by atoms with Gasteiger partial charge in [0, 0.05) is 4.88 Å². The Balaban J connectivity index is 1.73. The van der Waals surface area contributed by atoms with E-state index in [1.54, 1.807) is 11.3 Å². The molecule has 3 rings (SSSR count). The van der Waals surface area contributed by atoms with E-state index in [-0.39, 0.29) is 5.56 Å². The van der Waals surface area contributed by atoms with Crippen LogP contribution < -0.4 is 10.9 Å². The molecule has 0 bridgehead atoms. The quantitative estimate of drug-likeness (QED) is 0.890. The summed E-state index contributed by atoms with van der Waals surface area (Å²) in [5.74, 6) is 2.36. The van der Waals surface area contributed by atoms with Crippen molar-refractivity contribution in [3.8, 4) is 0 Å². The molecule has 4 nitrogen and oxygen atoms in total. The summed E-state index contributed by atoms with van der Waals surface area (Å²) in [5.41, 5.74) is 1.05. The summed E-state index contributed by atoms with van der Waals surface area (Å²) in [4.78, 5) is 21.6. The smallest absolute Gasteiger partial charge is 0.259 e. The lowest BCUT2D eigenvalue weighted by Crippen LogP contribution is -2.24. The molecule has 1 fully saturated rings. The zero-order chi connectivity index (χ0) is 14.3. The van der Waals surface area contributed by atoms with Crippen LogP contribution in [0.2, 0.25) is 0 Å². The molecule has 1 saturated carbocycles. The summed E-state index contributed by atoms with van der Waals surface area (Å²) in [6.07, 6.45) is 2.75. The standard InChI is InChI=1S/C15H21N3OS/c1-8(11-4-5-11)6-16-7-12-17-14(19)13-9(2)10(3)20-15(13)18-12/h8,11,16H,4-7H2,1-3H3,(H,17,18,19). The Hall–Kier alpha value is -1.20. The molecule has 0 amide bonds. The SMILES string of the molecule is Cc1sc2nc(CNCC(C)C3CC3)[nH]c(=O)c2c1C. The molecular weight excluding hydrogens is 270 g/mol. The molecule has 108 valence electrons. The highest BCUT2D eigenvalue weighted by molar-refractivity contribution is 7.18. The van der Waals surface area contributed by atoms with E-state index < -0.39 is 0 Å². The highest BCUT2D eigenvalue weighted by Crippen LogP contribution is 2.36. The van der Waals surface area contributed by atoms with Gasteiger partial charge in [-0.1, -0.05) is 6.92 Å². The molecule has 5 heteroatoms. The predicted octanol–water partition coefficient (Wildman–Crippen LogP) is 2.74. The first-order valence-corrected chi connectivity index (χ1v) is 8.07. The molecule has 2 aromatic heterocycles. The highest BCUT2D eigenvalue weighted by Gasteiger charge is 2.27. The van der Waals surface area contributed by atoms with E-state index in [0.717, 1.165) is 40.0 Å². The van der Waals surface area contributed by atoms with Gasteiger partial charge in [-0.2, -0.15) is 0 Å². The van der Waals surface area contributed by atoms with Gasteiger partial charge in [-0.05, 0) is 50.6 Å². The van der Waals surface area contributed by atoms with Gasteiger partial charge in [0.25, 0.3) is 5.56 Å². The Morgan fingerprint density at radius 2 is 2.20 bits per heavy atom. The maximum atomic E-state index is 12.1. The summed E-state index contributed by atoms with van der Waals surface area (Å²) < 4.78 is 0. The first-order valence-electron chi connectivity index (χ1n) is 7.26. The molecule has 2 N–H and O–H groups in total. The molecule has 1 unspecified atom stereocenters. The van der Waals surface area contributed by atoms with Crippen molar-refractivity contribution < 1.29 is 0 Å². The third-order valence-corrected chi connectivity index (χ3v) is 5.37. The number of hydrogen-bond acceptors (Lipinski definition) is 4. The van der Waals surface area contributed by atoms with E-state index in [9.17, 15) is 4.79 Å². The van der Waals surface area contributed by atoms with Crippen molar-refractivity contribution in [1.82, 2.24) is 15.3 Å². The maximum absolute atomic E-state index is 12.1. The van der Waals surface area contributed by atoms with Gasteiger partial charge >= 0.3 is 0 Å². The van der Waals surface area contributed by atoms with E-state index in [1.165, 1.54) is 17.7 Å².